The summed E-state index contributed by atoms with van der Waals surface area (Å²) in [6, 6.07) is 21.7. The maximum atomic E-state index is 13.2. The van der Waals surface area contributed by atoms with E-state index in [0.29, 0.717) is 10.6 Å². The minimum Gasteiger partial charge on any atom is -0.268 e. The Hall–Kier alpha value is -2.63. The van der Waals surface area contributed by atoms with Gasteiger partial charge in [-0.3, -0.25) is 4.79 Å². The molecule has 0 radical (unpaired) electrons. The molecule has 0 fully saturated rings. The summed E-state index contributed by atoms with van der Waals surface area (Å²) in [5.41, 5.74) is 1.86. The minimum absolute atomic E-state index is 0.0671. The first kappa shape index (κ1) is 19.1. The van der Waals surface area contributed by atoms with Gasteiger partial charge in [0.2, 0.25) is 0 Å². The Morgan fingerprint density at radius 2 is 1.59 bits per heavy atom. The van der Waals surface area contributed by atoms with Gasteiger partial charge in [0.05, 0.1) is 11.4 Å². The van der Waals surface area contributed by atoms with Gasteiger partial charge in [0.25, 0.3) is 15.9 Å². The second-order valence-electron chi connectivity index (χ2n) is 6.13. The van der Waals surface area contributed by atoms with Crippen LogP contribution in [0, 0.1) is 6.92 Å². The lowest BCUT2D eigenvalue weighted by Crippen LogP contribution is -2.36. The van der Waals surface area contributed by atoms with Crippen LogP contribution >= 0.6 is 11.6 Å². The van der Waals surface area contributed by atoms with Crippen LogP contribution in [0.1, 0.15) is 21.5 Å². The number of sulfonamides is 1. The fourth-order valence-corrected chi connectivity index (χ4v) is 4.19. The summed E-state index contributed by atoms with van der Waals surface area (Å²) in [7, 11) is -4.04. The molecule has 0 aromatic heterocycles. The number of rotatable bonds is 5. The number of nitrogens with zero attached hydrogens (tertiary/aromatic N) is 1. The van der Waals surface area contributed by atoms with Crippen LogP contribution in [0.3, 0.4) is 0 Å². The molecule has 0 aliphatic heterocycles. The van der Waals surface area contributed by atoms with Crippen molar-refractivity contribution in [2.24, 2.45) is 0 Å². The van der Waals surface area contributed by atoms with Crippen LogP contribution in [0.4, 0.5) is 0 Å². The van der Waals surface area contributed by atoms with Crippen molar-refractivity contribution in [3.05, 3.63) is 101 Å². The van der Waals surface area contributed by atoms with Crippen LogP contribution < -0.4 is 0 Å². The Bertz CT molecular complexity index is 1050. The zero-order chi connectivity index (χ0) is 19.4. The van der Waals surface area contributed by atoms with Gasteiger partial charge in [-0.15, -0.1) is 0 Å². The molecule has 4 nitrogen and oxygen atoms in total. The van der Waals surface area contributed by atoms with Gasteiger partial charge in [0.1, 0.15) is 0 Å². The molecule has 0 atom stereocenters. The van der Waals surface area contributed by atoms with Gasteiger partial charge in [0, 0.05) is 10.6 Å². The maximum Gasteiger partial charge on any atom is 0.267 e. The predicted molar refractivity (Wildman–Crippen MR) is 106 cm³/mol. The summed E-state index contributed by atoms with van der Waals surface area (Å²) < 4.78 is 27.3. The van der Waals surface area contributed by atoms with E-state index in [-0.39, 0.29) is 17.0 Å². The molecule has 0 bridgehead atoms. The third-order valence-electron chi connectivity index (χ3n) is 4.08. The van der Waals surface area contributed by atoms with Crippen molar-refractivity contribution in [1.29, 1.82) is 0 Å². The molecule has 3 rings (SSSR count). The van der Waals surface area contributed by atoms with E-state index in [9.17, 15) is 13.2 Å². The van der Waals surface area contributed by atoms with Crippen LogP contribution in [0.15, 0.2) is 83.8 Å². The van der Waals surface area contributed by atoms with Crippen molar-refractivity contribution >= 4 is 27.5 Å². The zero-order valence-electron chi connectivity index (χ0n) is 14.7. The number of hydrogen-bond acceptors (Lipinski definition) is 3. The van der Waals surface area contributed by atoms with Gasteiger partial charge in [-0.1, -0.05) is 65.7 Å². The fourth-order valence-electron chi connectivity index (χ4n) is 2.62. The average Bonchev–Trinajstić information content (AvgIpc) is 2.66. The van der Waals surface area contributed by atoms with Crippen LogP contribution in [-0.2, 0) is 16.6 Å². The number of amides is 1. The Morgan fingerprint density at radius 1 is 0.926 bits per heavy atom. The SMILES string of the molecule is Cc1ccc(S(=O)(=O)N(Cc2ccccc2)C(=O)c2cccc(Cl)c2)cc1. The average molecular weight is 400 g/mol. The van der Waals surface area contributed by atoms with Gasteiger partial charge in [-0.2, -0.15) is 0 Å². The third-order valence-corrected chi connectivity index (χ3v) is 6.05. The van der Waals surface area contributed by atoms with Gasteiger partial charge in [-0.25, -0.2) is 12.7 Å². The standard InChI is InChI=1S/C21H18ClNO3S/c1-16-10-12-20(13-11-16)27(25,26)23(15-17-6-3-2-4-7-17)21(24)18-8-5-9-19(22)14-18/h2-14H,15H2,1H3. The summed E-state index contributed by atoms with van der Waals surface area (Å²) in [6.07, 6.45) is 0. The highest BCUT2D eigenvalue weighted by atomic mass is 35.5. The van der Waals surface area contributed by atoms with E-state index in [4.69, 9.17) is 11.6 Å². The molecule has 0 aliphatic rings. The smallest absolute Gasteiger partial charge is 0.267 e. The fraction of sp³-hybridized carbons (Fsp3) is 0.0952. The van der Waals surface area contributed by atoms with Gasteiger partial charge < -0.3 is 0 Å². The number of halogens is 1. The molecular formula is C21H18ClNO3S. The first-order valence-electron chi connectivity index (χ1n) is 8.31. The molecule has 6 heteroatoms. The number of hydrogen-bond donors (Lipinski definition) is 0. The topological polar surface area (TPSA) is 54.5 Å². The van der Waals surface area contributed by atoms with E-state index in [1.807, 2.05) is 13.0 Å². The molecule has 0 N–H and O–H groups in total. The lowest BCUT2D eigenvalue weighted by molar-refractivity contribution is 0.0855. The number of carbonyl (C=O) groups is 1. The second kappa shape index (κ2) is 7.94. The molecule has 0 unspecified atom stereocenters. The van der Waals surface area contributed by atoms with Crippen LogP contribution in [0.2, 0.25) is 5.02 Å². The van der Waals surface area contributed by atoms with Crippen molar-refractivity contribution in [3.8, 4) is 0 Å². The predicted octanol–water partition coefficient (Wildman–Crippen LogP) is 4.68. The highest BCUT2D eigenvalue weighted by Gasteiger charge is 2.30. The molecule has 0 saturated carbocycles. The lowest BCUT2D eigenvalue weighted by atomic mass is 10.2. The molecule has 138 valence electrons. The normalized spacial score (nSPS) is 11.2. The highest BCUT2D eigenvalue weighted by Crippen LogP contribution is 2.23. The highest BCUT2D eigenvalue weighted by molar-refractivity contribution is 7.89. The summed E-state index contributed by atoms with van der Waals surface area (Å²) in [6.45, 7) is 1.80. The molecule has 1 amide bonds. The van der Waals surface area contributed by atoms with Crippen LogP contribution in [-0.4, -0.2) is 18.6 Å². The van der Waals surface area contributed by atoms with E-state index < -0.39 is 15.9 Å². The Balaban J connectivity index is 2.06. The van der Waals surface area contributed by atoms with Crippen LogP contribution in [0.25, 0.3) is 0 Å². The van der Waals surface area contributed by atoms with Crippen molar-refractivity contribution in [1.82, 2.24) is 4.31 Å². The molecule has 3 aromatic rings. The van der Waals surface area contributed by atoms with E-state index in [2.05, 4.69) is 0 Å². The van der Waals surface area contributed by atoms with Gasteiger partial charge in [0.15, 0.2) is 0 Å². The monoisotopic (exact) mass is 399 g/mol. The second-order valence-corrected chi connectivity index (χ2v) is 8.42. The van der Waals surface area contributed by atoms with E-state index in [1.54, 1.807) is 54.6 Å². The lowest BCUT2D eigenvalue weighted by Gasteiger charge is -2.23. The molecule has 0 spiro atoms. The minimum atomic E-state index is -4.04. The van der Waals surface area contributed by atoms with E-state index >= 15 is 0 Å². The number of aryl methyl sites for hydroxylation is 1. The molecular weight excluding hydrogens is 382 g/mol. The maximum absolute atomic E-state index is 13.2. The Labute approximate surface area is 164 Å². The van der Waals surface area contributed by atoms with E-state index in [0.717, 1.165) is 9.87 Å². The summed E-state index contributed by atoms with van der Waals surface area (Å²) in [5, 5.41) is 0.369. The Kier molecular flexibility index (Phi) is 5.63. The van der Waals surface area contributed by atoms with Crippen molar-refractivity contribution in [2.45, 2.75) is 18.4 Å². The van der Waals surface area contributed by atoms with E-state index in [1.165, 1.54) is 18.2 Å². The number of benzene rings is 3. The third kappa shape index (κ3) is 4.38. The quantitative estimate of drug-likeness (QED) is 0.625. The first-order valence-corrected chi connectivity index (χ1v) is 10.1. The van der Waals surface area contributed by atoms with Gasteiger partial charge in [-0.05, 0) is 42.8 Å². The Morgan fingerprint density at radius 3 is 2.22 bits per heavy atom. The molecule has 0 heterocycles. The van der Waals surface area contributed by atoms with Crippen molar-refractivity contribution < 1.29 is 13.2 Å². The summed E-state index contributed by atoms with van der Waals surface area (Å²) in [4.78, 5) is 13.1. The first-order chi connectivity index (χ1) is 12.9. The molecule has 0 saturated heterocycles. The molecule has 27 heavy (non-hydrogen) atoms. The number of carbonyl (C=O) groups excluding carboxylic acids is 1. The molecule has 0 aliphatic carbocycles. The van der Waals surface area contributed by atoms with Crippen molar-refractivity contribution in [2.75, 3.05) is 0 Å². The molecule has 3 aromatic carbocycles. The van der Waals surface area contributed by atoms with Gasteiger partial charge >= 0.3 is 0 Å². The van der Waals surface area contributed by atoms with Crippen molar-refractivity contribution in [3.63, 3.8) is 0 Å². The zero-order valence-corrected chi connectivity index (χ0v) is 16.2. The summed E-state index contributed by atoms with van der Waals surface area (Å²) >= 11 is 5.98. The van der Waals surface area contributed by atoms with Crippen LogP contribution in [0.5, 0.6) is 0 Å². The summed E-state index contributed by atoms with van der Waals surface area (Å²) in [5.74, 6) is -0.623. The largest absolute Gasteiger partial charge is 0.268 e.